The third kappa shape index (κ3) is 3.92. The highest BCUT2D eigenvalue weighted by Crippen LogP contribution is 2.31. The molecular weight excluding hydrogens is 396 g/mol. The minimum absolute atomic E-state index is 0.114. The van der Waals surface area contributed by atoms with Crippen LogP contribution < -0.4 is 4.90 Å². The zero-order valence-corrected chi connectivity index (χ0v) is 17.4. The Morgan fingerprint density at radius 3 is 2.46 bits per heavy atom. The van der Waals surface area contributed by atoms with Gasteiger partial charge in [-0.2, -0.15) is 0 Å². The molecule has 1 saturated heterocycles. The van der Waals surface area contributed by atoms with Crippen LogP contribution in [0.3, 0.4) is 0 Å². The van der Waals surface area contributed by atoms with Crippen molar-refractivity contribution < 1.29 is 9.53 Å². The van der Waals surface area contributed by atoms with E-state index in [-0.39, 0.29) is 18.2 Å². The lowest BCUT2D eigenvalue weighted by atomic mass is 10.1. The number of benzene rings is 1. The van der Waals surface area contributed by atoms with Gasteiger partial charge >= 0.3 is 6.09 Å². The van der Waals surface area contributed by atoms with Gasteiger partial charge in [0.05, 0.1) is 5.52 Å². The first-order chi connectivity index (χ1) is 12.2. The Morgan fingerprint density at radius 1 is 1.19 bits per heavy atom. The predicted octanol–water partition coefficient (Wildman–Crippen LogP) is 4.23. The molecule has 26 heavy (non-hydrogen) atoms. The summed E-state index contributed by atoms with van der Waals surface area (Å²) in [4.78, 5) is 25.5. The van der Waals surface area contributed by atoms with Gasteiger partial charge in [0.25, 0.3) is 0 Å². The van der Waals surface area contributed by atoms with Crippen molar-refractivity contribution in [1.82, 2.24) is 14.9 Å². The molecular formula is C19H25BrN4O2. The van der Waals surface area contributed by atoms with E-state index in [9.17, 15) is 4.79 Å². The van der Waals surface area contributed by atoms with Gasteiger partial charge in [-0.15, -0.1) is 0 Å². The molecule has 1 aliphatic rings. The average Bonchev–Trinajstić information content (AvgIpc) is 2.53. The Bertz CT molecular complexity index is 809. The molecule has 1 amide bonds. The van der Waals surface area contributed by atoms with E-state index in [1.165, 1.54) is 0 Å². The number of halogens is 1. The van der Waals surface area contributed by atoms with Gasteiger partial charge < -0.3 is 14.5 Å². The van der Waals surface area contributed by atoms with Crippen molar-refractivity contribution in [2.75, 3.05) is 18.0 Å². The second-order valence-corrected chi connectivity index (χ2v) is 8.77. The lowest BCUT2D eigenvalue weighted by molar-refractivity contribution is 0.0192. The van der Waals surface area contributed by atoms with E-state index in [4.69, 9.17) is 4.74 Å². The fourth-order valence-electron chi connectivity index (χ4n) is 3.44. The number of aromatic nitrogens is 2. The molecule has 0 aliphatic carbocycles. The van der Waals surface area contributed by atoms with Gasteiger partial charge in [0.15, 0.2) is 0 Å². The average molecular weight is 421 g/mol. The largest absolute Gasteiger partial charge is 0.444 e. The second-order valence-electron chi connectivity index (χ2n) is 7.85. The molecule has 2 atom stereocenters. The van der Waals surface area contributed by atoms with Gasteiger partial charge in [0.1, 0.15) is 17.7 Å². The van der Waals surface area contributed by atoms with E-state index < -0.39 is 5.60 Å². The topological polar surface area (TPSA) is 58.6 Å². The summed E-state index contributed by atoms with van der Waals surface area (Å²) in [6, 6.07) is 6.24. The van der Waals surface area contributed by atoms with Crippen LogP contribution >= 0.6 is 15.9 Å². The number of carbonyl (C=O) groups is 1. The summed E-state index contributed by atoms with van der Waals surface area (Å²) < 4.78 is 6.53. The third-order valence-corrected chi connectivity index (χ3v) is 4.88. The predicted molar refractivity (Wildman–Crippen MR) is 106 cm³/mol. The van der Waals surface area contributed by atoms with Crippen molar-refractivity contribution in [2.24, 2.45) is 0 Å². The zero-order valence-electron chi connectivity index (χ0n) is 15.9. The molecule has 0 radical (unpaired) electrons. The van der Waals surface area contributed by atoms with Crippen LogP contribution in [0.1, 0.15) is 34.6 Å². The first-order valence-electron chi connectivity index (χ1n) is 8.82. The van der Waals surface area contributed by atoms with Gasteiger partial charge in [-0.25, -0.2) is 14.8 Å². The maximum Gasteiger partial charge on any atom is 0.410 e. The maximum atomic E-state index is 12.5. The first kappa shape index (κ1) is 18.9. The highest BCUT2D eigenvalue weighted by Gasteiger charge is 2.35. The quantitative estimate of drug-likeness (QED) is 0.690. The number of amides is 1. The molecule has 1 aromatic carbocycles. The summed E-state index contributed by atoms with van der Waals surface area (Å²) in [6.07, 6.45) is 1.34. The van der Waals surface area contributed by atoms with Crippen LogP contribution in [0.15, 0.2) is 29.0 Å². The normalized spacial score (nSPS) is 21.2. The number of hydrogen-bond donors (Lipinski definition) is 0. The number of rotatable bonds is 1. The Hall–Kier alpha value is -1.89. The molecule has 7 heteroatoms. The van der Waals surface area contributed by atoms with Crippen molar-refractivity contribution in [1.29, 1.82) is 0 Å². The van der Waals surface area contributed by atoms with E-state index in [1.54, 1.807) is 11.2 Å². The maximum absolute atomic E-state index is 12.5. The molecule has 0 bridgehead atoms. The smallest absolute Gasteiger partial charge is 0.410 e. The molecule has 0 unspecified atom stereocenters. The molecule has 0 saturated carbocycles. The fraction of sp³-hybridized carbons (Fsp3) is 0.526. The van der Waals surface area contributed by atoms with Crippen LogP contribution in [-0.4, -0.2) is 51.7 Å². The first-order valence-corrected chi connectivity index (χ1v) is 9.61. The number of anilines is 1. The molecule has 1 fully saturated rings. The fourth-order valence-corrected chi connectivity index (χ4v) is 3.80. The Balaban J connectivity index is 1.88. The van der Waals surface area contributed by atoms with E-state index in [0.717, 1.165) is 21.2 Å². The van der Waals surface area contributed by atoms with Gasteiger partial charge in [-0.1, -0.05) is 15.9 Å². The molecule has 6 nitrogen and oxygen atoms in total. The summed E-state index contributed by atoms with van der Waals surface area (Å²) in [5.41, 5.74) is 0.419. The van der Waals surface area contributed by atoms with Gasteiger partial charge in [0.2, 0.25) is 0 Å². The Labute approximate surface area is 162 Å². The number of hydrogen-bond acceptors (Lipinski definition) is 5. The zero-order chi connectivity index (χ0) is 19.1. The third-order valence-electron chi connectivity index (χ3n) is 4.39. The van der Waals surface area contributed by atoms with Crippen LogP contribution in [0.25, 0.3) is 10.9 Å². The van der Waals surface area contributed by atoms with E-state index in [0.29, 0.717) is 13.1 Å². The number of piperazine rings is 1. The number of carbonyl (C=O) groups excluding carboxylic acids is 1. The summed E-state index contributed by atoms with van der Waals surface area (Å²) in [7, 11) is 0. The highest BCUT2D eigenvalue weighted by molar-refractivity contribution is 9.10. The molecule has 1 aromatic heterocycles. The lowest BCUT2D eigenvalue weighted by Gasteiger charge is -2.45. The van der Waals surface area contributed by atoms with Crippen LogP contribution in [0, 0.1) is 0 Å². The van der Waals surface area contributed by atoms with E-state index >= 15 is 0 Å². The number of nitrogens with zero attached hydrogens (tertiary/aromatic N) is 4. The molecule has 2 aromatic rings. The summed E-state index contributed by atoms with van der Waals surface area (Å²) in [5, 5.41) is 1.01. The highest BCUT2D eigenvalue weighted by atomic mass is 79.9. The summed E-state index contributed by atoms with van der Waals surface area (Å²) in [5.74, 6) is 0.903. The molecule has 1 aliphatic heterocycles. The number of ether oxygens (including phenoxy) is 1. The number of fused-ring (bicyclic) bond motifs is 1. The van der Waals surface area contributed by atoms with Gasteiger partial charge in [-0.05, 0) is 52.8 Å². The van der Waals surface area contributed by atoms with E-state index in [2.05, 4.69) is 44.6 Å². The minimum Gasteiger partial charge on any atom is -0.444 e. The molecule has 2 heterocycles. The SMILES string of the molecule is C[C@@H]1CN(C(=O)OC(C)(C)C)C[C@H](C)N1c1ncnc2ccc(Br)cc12. The van der Waals surface area contributed by atoms with Crippen LogP contribution in [0.5, 0.6) is 0 Å². The van der Waals surface area contributed by atoms with Crippen molar-refractivity contribution >= 4 is 38.7 Å². The molecule has 140 valence electrons. The lowest BCUT2D eigenvalue weighted by Crippen LogP contribution is -2.59. The van der Waals surface area contributed by atoms with Crippen LogP contribution in [0.4, 0.5) is 10.6 Å². The summed E-state index contributed by atoms with van der Waals surface area (Å²) in [6.45, 7) is 11.1. The summed E-state index contributed by atoms with van der Waals surface area (Å²) >= 11 is 3.53. The van der Waals surface area contributed by atoms with Crippen molar-refractivity contribution in [3.05, 3.63) is 29.0 Å². The van der Waals surface area contributed by atoms with Gasteiger partial charge in [-0.3, -0.25) is 0 Å². The standard InChI is InChI=1S/C19H25BrN4O2/c1-12-9-23(18(25)26-19(3,4)5)10-13(2)24(12)17-15-8-14(20)6-7-16(15)21-11-22-17/h6-8,11-13H,9-10H2,1-5H3/t12-,13+. The molecule has 0 spiro atoms. The van der Waals surface area contributed by atoms with Gasteiger partial charge in [0, 0.05) is 35.0 Å². The molecule has 0 N–H and O–H groups in total. The minimum atomic E-state index is -0.490. The monoisotopic (exact) mass is 420 g/mol. The Kier molecular flexibility index (Phi) is 5.10. The Morgan fingerprint density at radius 2 is 1.85 bits per heavy atom. The van der Waals surface area contributed by atoms with Crippen molar-refractivity contribution in [3.63, 3.8) is 0 Å². The second kappa shape index (κ2) is 7.02. The van der Waals surface area contributed by atoms with Crippen molar-refractivity contribution in [3.8, 4) is 0 Å². The molecule has 3 rings (SSSR count). The van der Waals surface area contributed by atoms with E-state index in [1.807, 2.05) is 39.0 Å². The van der Waals surface area contributed by atoms with Crippen LogP contribution in [-0.2, 0) is 4.74 Å². The van der Waals surface area contributed by atoms with Crippen molar-refractivity contribution in [2.45, 2.75) is 52.3 Å². The van der Waals surface area contributed by atoms with Crippen LogP contribution in [0.2, 0.25) is 0 Å².